The van der Waals surface area contributed by atoms with Crippen molar-refractivity contribution < 1.29 is 33.8 Å². The molecule has 0 bridgehead atoms. The van der Waals surface area contributed by atoms with Crippen LogP contribution in [-0.4, -0.2) is 100 Å². The maximum atomic E-state index is 13.8. The van der Waals surface area contributed by atoms with Gasteiger partial charge in [-0.25, -0.2) is 9.97 Å². The Kier molecular flexibility index (Phi) is 8.03. The Morgan fingerprint density at radius 3 is 2.58 bits per heavy atom. The highest BCUT2D eigenvalue weighted by molar-refractivity contribution is 5.97. The monoisotopic (exact) mass is 530 g/mol. The summed E-state index contributed by atoms with van der Waals surface area (Å²) in [5, 5.41) is 15.4. The fourth-order valence-electron chi connectivity index (χ4n) is 5.55. The number of carbonyl (C=O) groups excluding carboxylic acids is 4. The molecule has 13 heteroatoms. The van der Waals surface area contributed by atoms with Gasteiger partial charge in [0, 0.05) is 19.3 Å². The number of hydrogen-bond donors (Lipinski definition) is 3. The van der Waals surface area contributed by atoms with Crippen LogP contribution in [-0.2, 0) is 23.9 Å². The van der Waals surface area contributed by atoms with Crippen molar-refractivity contribution in [3.63, 3.8) is 0 Å². The number of hydrogen-bond acceptors (Lipinski definition) is 10. The van der Waals surface area contributed by atoms with Crippen LogP contribution in [0.25, 0.3) is 0 Å². The van der Waals surface area contributed by atoms with E-state index in [0.29, 0.717) is 18.8 Å². The number of rotatable bonds is 5. The van der Waals surface area contributed by atoms with Gasteiger partial charge in [-0.2, -0.15) is 0 Å². The van der Waals surface area contributed by atoms with Crippen LogP contribution in [0.15, 0.2) is 12.3 Å². The van der Waals surface area contributed by atoms with Crippen LogP contribution in [0.3, 0.4) is 0 Å². The van der Waals surface area contributed by atoms with Gasteiger partial charge in [-0.05, 0) is 38.2 Å². The molecule has 0 radical (unpaired) electrons. The van der Waals surface area contributed by atoms with E-state index in [-0.39, 0.29) is 37.3 Å². The van der Waals surface area contributed by atoms with E-state index >= 15 is 0 Å². The van der Waals surface area contributed by atoms with Gasteiger partial charge in [0.1, 0.15) is 23.8 Å². The zero-order chi connectivity index (χ0) is 26.6. The standard InChI is InChI=1S/C25H34N6O7/c32-20-12-18(24(36)38-20)28-22(34)19-14-37-13-15-6-2-3-7-17(23(35)31(15)19)27-21(33)16-8-9-26-25(29-16)30-10-4-1-5-11-30/h8-9,15,17-19,24,36H,1-7,10-14H2,(H,27,33)(H,28,34). The van der Waals surface area contributed by atoms with Gasteiger partial charge in [0.2, 0.25) is 24.1 Å². The molecular weight excluding hydrogens is 496 g/mol. The molecule has 4 aliphatic heterocycles. The fourth-order valence-corrected chi connectivity index (χ4v) is 5.55. The second-order valence-electron chi connectivity index (χ2n) is 10.3. The average molecular weight is 531 g/mol. The lowest BCUT2D eigenvalue weighted by molar-refractivity contribution is -0.160. The molecular formula is C25H34N6O7. The number of nitrogens with one attached hydrogen (secondary N) is 2. The zero-order valence-corrected chi connectivity index (χ0v) is 21.2. The first-order chi connectivity index (χ1) is 18.4. The lowest BCUT2D eigenvalue weighted by atomic mass is 9.95. The molecule has 13 nitrogen and oxygen atoms in total. The molecule has 38 heavy (non-hydrogen) atoms. The molecule has 0 saturated carbocycles. The fraction of sp³-hybridized carbons (Fsp3) is 0.680. The predicted octanol–water partition coefficient (Wildman–Crippen LogP) is -0.515. The Morgan fingerprint density at radius 1 is 1.03 bits per heavy atom. The number of ether oxygens (including phenoxy) is 2. The Hall–Kier alpha value is -3.32. The molecule has 5 unspecified atom stereocenters. The third kappa shape index (κ3) is 5.73. The summed E-state index contributed by atoms with van der Waals surface area (Å²) in [6, 6.07) is -1.51. The summed E-state index contributed by atoms with van der Waals surface area (Å²) in [6.45, 7) is 1.94. The van der Waals surface area contributed by atoms with Gasteiger partial charge in [0.15, 0.2) is 0 Å². The van der Waals surface area contributed by atoms with Crippen LogP contribution in [0.2, 0.25) is 0 Å². The molecule has 4 aliphatic rings. The molecule has 4 saturated heterocycles. The number of anilines is 1. The number of nitrogens with zero attached hydrogens (tertiary/aromatic N) is 4. The first-order valence-corrected chi connectivity index (χ1v) is 13.4. The normalized spacial score (nSPS) is 30.1. The number of cyclic esters (lactones) is 1. The summed E-state index contributed by atoms with van der Waals surface area (Å²) in [6.07, 6.45) is 5.84. The van der Waals surface area contributed by atoms with Crippen LogP contribution in [0, 0.1) is 0 Å². The molecule has 206 valence electrons. The van der Waals surface area contributed by atoms with E-state index in [1.54, 1.807) is 6.20 Å². The van der Waals surface area contributed by atoms with E-state index in [2.05, 4.69) is 25.5 Å². The molecule has 3 amide bonds. The van der Waals surface area contributed by atoms with Gasteiger partial charge in [-0.1, -0.05) is 12.8 Å². The molecule has 5 rings (SSSR count). The molecule has 0 aromatic carbocycles. The van der Waals surface area contributed by atoms with Crippen LogP contribution in [0.1, 0.15) is 61.9 Å². The van der Waals surface area contributed by atoms with Crippen molar-refractivity contribution in [2.45, 2.75) is 81.8 Å². The van der Waals surface area contributed by atoms with Gasteiger partial charge in [-0.3, -0.25) is 19.2 Å². The molecule has 1 aromatic rings. The highest BCUT2D eigenvalue weighted by atomic mass is 16.6. The lowest BCUT2D eigenvalue weighted by Gasteiger charge is -2.44. The number of aromatic nitrogens is 2. The van der Waals surface area contributed by atoms with Gasteiger partial charge in [0.25, 0.3) is 5.91 Å². The zero-order valence-electron chi connectivity index (χ0n) is 21.2. The molecule has 5 atom stereocenters. The SMILES string of the molecule is O=C1CC(NC(=O)C2COCC3CCCCC(NC(=O)c4ccnc(N5CCCCC5)n4)C(=O)N32)C(O)O1. The molecule has 5 heterocycles. The third-order valence-corrected chi connectivity index (χ3v) is 7.58. The van der Waals surface area contributed by atoms with Crippen molar-refractivity contribution in [2.75, 3.05) is 31.2 Å². The number of carbonyl (C=O) groups is 4. The minimum atomic E-state index is -1.44. The molecule has 1 aromatic heterocycles. The van der Waals surface area contributed by atoms with Crippen molar-refractivity contribution in [1.29, 1.82) is 0 Å². The maximum Gasteiger partial charge on any atom is 0.310 e. The molecule has 0 aliphatic carbocycles. The first kappa shape index (κ1) is 26.3. The number of esters is 1. The van der Waals surface area contributed by atoms with E-state index < -0.39 is 42.2 Å². The van der Waals surface area contributed by atoms with Crippen LogP contribution < -0.4 is 15.5 Å². The summed E-state index contributed by atoms with van der Waals surface area (Å²) in [5.41, 5.74) is 0.183. The van der Waals surface area contributed by atoms with E-state index in [4.69, 9.17) is 9.47 Å². The number of amides is 3. The van der Waals surface area contributed by atoms with Crippen molar-refractivity contribution in [1.82, 2.24) is 25.5 Å². The van der Waals surface area contributed by atoms with Gasteiger partial charge >= 0.3 is 5.97 Å². The minimum Gasteiger partial charge on any atom is -0.434 e. The summed E-state index contributed by atoms with van der Waals surface area (Å²) >= 11 is 0. The Bertz CT molecular complexity index is 1060. The second kappa shape index (κ2) is 11.6. The van der Waals surface area contributed by atoms with Gasteiger partial charge in [0.05, 0.1) is 25.7 Å². The second-order valence-corrected chi connectivity index (χ2v) is 10.3. The third-order valence-electron chi connectivity index (χ3n) is 7.58. The van der Waals surface area contributed by atoms with Crippen molar-refractivity contribution in [3.8, 4) is 0 Å². The first-order valence-electron chi connectivity index (χ1n) is 13.4. The highest BCUT2D eigenvalue weighted by Gasteiger charge is 2.44. The van der Waals surface area contributed by atoms with Gasteiger partial charge < -0.3 is 35.0 Å². The number of aliphatic hydroxyl groups excluding tert-OH is 1. The van der Waals surface area contributed by atoms with Crippen molar-refractivity contribution in [3.05, 3.63) is 18.0 Å². The van der Waals surface area contributed by atoms with E-state index in [1.807, 2.05) is 0 Å². The topological polar surface area (TPSA) is 163 Å². The minimum absolute atomic E-state index is 0.0303. The average Bonchev–Trinajstić information content (AvgIpc) is 3.25. The Labute approximate surface area is 220 Å². The van der Waals surface area contributed by atoms with Crippen LogP contribution in [0.4, 0.5) is 5.95 Å². The molecule has 4 fully saturated rings. The number of aliphatic hydroxyl groups is 1. The largest absolute Gasteiger partial charge is 0.434 e. The van der Waals surface area contributed by atoms with E-state index in [9.17, 15) is 24.3 Å². The smallest absolute Gasteiger partial charge is 0.310 e. The van der Waals surface area contributed by atoms with Crippen LogP contribution >= 0.6 is 0 Å². The lowest BCUT2D eigenvalue weighted by Crippen LogP contribution is -2.65. The highest BCUT2D eigenvalue weighted by Crippen LogP contribution is 2.25. The number of morpholine rings is 1. The van der Waals surface area contributed by atoms with Crippen molar-refractivity contribution in [2.24, 2.45) is 0 Å². The quantitative estimate of drug-likeness (QED) is 0.422. The number of fused-ring (bicyclic) bond motifs is 1. The molecule has 3 N–H and O–H groups in total. The Balaban J connectivity index is 1.30. The van der Waals surface area contributed by atoms with E-state index in [0.717, 1.165) is 45.2 Å². The summed E-state index contributed by atoms with van der Waals surface area (Å²) in [4.78, 5) is 64.0. The predicted molar refractivity (Wildman–Crippen MR) is 132 cm³/mol. The van der Waals surface area contributed by atoms with Crippen molar-refractivity contribution >= 4 is 29.6 Å². The summed E-state index contributed by atoms with van der Waals surface area (Å²) < 4.78 is 10.4. The molecule has 0 spiro atoms. The Morgan fingerprint density at radius 2 is 1.82 bits per heavy atom. The maximum absolute atomic E-state index is 13.8. The number of piperidine rings is 1. The summed E-state index contributed by atoms with van der Waals surface area (Å²) in [7, 11) is 0. The summed E-state index contributed by atoms with van der Waals surface area (Å²) in [5.74, 6) is -1.49. The van der Waals surface area contributed by atoms with Crippen LogP contribution in [0.5, 0.6) is 0 Å². The van der Waals surface area contributed by atoms with E-state index in [1.165, 1.54) is 11.0 Å². The van der Waals surface area contributed by atoms with Gasteiger partial charge in [-0.15, -0.1) is 0 Å².